The molecule has 0 aromatic rings. The summed E-state index contributed by atoms with van der Waals surface area (Å²) in [7, 11) is -2.92. The van der Waals surface area contributed by atoms with E-state index in [1.807, 2.05) is 0 Å². The van der Waals surface area contributed by atoms with Gasteiger partial charge in [0.05, 0.1) is 24.6 Å². The van der Waals surface area contributed by atoms with Gasteiger partial charge in [-0.3, -0.25) is 4.90 Å². The molecule has 106 valence electrons. The zero-order valence-corrected chi connectivity index (χ0v) is 11.7. The molecule has 5 nitrogen and oxygen atoms in total. The van der Waals surface area contributed by atoms with Crippen LogP contribution in [0.25, 0.3) is 0 Å². The Kier molecular flexibility index (Phi) is 4.64. The number of ether oxygens (including phenoxy) is 1. The summed E-state index contributed by atoms with van der Waals surface area (Å²) in [5.74, 6) is 0. The molecule has 0 amide bonds. The van der Waals surface area contributed by atoms with Crippen LogP contribution < -0.4 is 0 Å². The van der Waals surface area contributed by atoms with Crippen LogP contribution in [0, 0.1) is 0 Å². The Morgan fingerprint density at radius 2 is 2.17 bits per heavy atom. The fraction of sp³-hybridized carbons (Fsp3) is 1.00. The molecule has 2 fully saturated rings. The molecular formula is C12H23NO4S. The first-order valence-corrected chi connectivity index (χ1v) is 8.61. The summed E-state index contributed by atoms with van der Waals surface area (Å²) >= 11 is 0. The molecule has 1 saturated heterocycles. The fourth-order valence-electron chi connectivity index (χ4n) is 3.03. The number of nitrogens with zero attached hydrogens (tertiary/aromatic N) is 1. The second-order valence-corrected chi connectivity index (χ2v) is 7.77. The maximum absolute atomic E-state index is 11.7. The van der Waals surface area contributed by atoms with Gasteiger partial charge in [-0.2, -0.15) is 0 Å². The van der Waals surface area contributed by atoms with Crippen LogP contribution in [0.4, 0.5) is 0 Å². The molecule has 0 spiro atoms. The first-order chi connectivity index (χ1) is 8.50. The van der Waals surface area contributed by atoms with Gasteiger partial charge in [0.25, 0.3) is 0 Å². The van der Waals surface area contributed by atoms with Gasteiger partial charge in [0.1, 0.15) is 9.84 Å². The minimum absolute atomic E-state index is 0.0404. The first-order valence-electron chi connectivity index (χ1n) is 6.66. The van der Waals surface area contributed by atoms with E-state index in [1.165, 1.54) is 6.26 Å². The number of hydrogen-bond donors (Lipinski definition) is 1. The molecule has 3 atom stereocenters. The highest BCUT2D eigenvalue weighted by Crippen LogP contribution is 2.28. The molecule has 1 saturated carbocycles. The molecule has 2 aliphatic rings. The van der Waals surface area contributed by atoms with Gasteiger partial charge in [0.2, 0.25) is 0 Å². The highest BCUT2D eigenvalue weighted by atomic mass is 32.2. The van der Waals surface area contributed by atoms with Crippen LogP contribution in [0.15, 0.2) is 0 Å². The average molecular weight is 277 g/mol. The third kappa shape index (κ3) is 3.44. The number of hydrogen-bond acceptors (Lipinski definition) is 5. The van der Waals surface area contributed by atoms with Crippen molar-refractivity contribution in [2.45, 2.75) is 43.1 Å². The van der Waals surface area contributed by atoms with Gasteiger partial charge >= 0.3 is 0 Å². The van der Waals surface area contributed by atoms with Crippen molar-refractivity contribution in [1.29, 1.82) is 0 Å². The molecule has 3 unspecified atom stereocenters. The van der Waals surface area contributed by atoms with E-state index in [0.29, 0.717) is 12.6 Å². The monoisotopic (exact) mass is 277 g/mol. The Balaban J connectivity index is 1.96. The second kappa shape index (κ2) is 5.86. The maximum atomic E-state index is 11.7. The van der Waals surface area contributed by atoms with E-state index in [9.17, 15) is 8.42 Å². The average Bonchev–Trinajstić information content (AvgIpc) is 2.38. The molecule has 18 heavy (non-hydrogen) atoms. The van der Waals surface area contributed by atoms with Gasteiger partial charge in [-0.15, -0.1) is 0 Å². The lowest BCUT2D eigenvalue weighted by molar-refractivity contribution is -0.0682. The lowest BCUT2D eigenvalue weighted by Crippen LogP contribution is -2.51. The van der Waals surface area contributed by atoms with E-state index in [2.05, 4.69) is 4.90 Å². The Labute approximate surface area is 109 Å². The maximum Gasteiger partial charge on any atom is 0.150 e. The van der Waals surface area contributed by atoms with Crippen molar-refractivity contribution in [3.63, 3.8) is 0 Å². The number of morpholine rings is 1. The summed E-state index contributed by atoms with van der Waals surface area (Å²) in [5.41, 5.74) is 0. The zero-order valence-electron chi connectivity index (χ0n) is 10.9. The van der Waals surface area contributed by atoms with Gasteiger partial charge in [-0.25, -0.2) is 8.42 Å². The quantitative estimate of drug-likeness (QED) is 0.788. The first kappa shape index (κ1) is 14.2. The van der Waals surface area contributed by atoms with Crippen molar-refractivity contribution in [2.75, 3.05) is 32.6 Å². The molecule has 0 radical (unpaired) electrons. The van der Waals surface area contributed by atoms with Crippen LogP contribution >= 0.6 is 0 Å². The molecule has 1 heterocycles. The van der Waals surface area contributed by atoms with E-state index in [1.54, 1.807) is 0 Å². The lowest BCUT2D eigenvalue weighted by atomic mass is 9.93. The molecule has 1 N–H and O–H groups in total. The molecule has 0 aromatic heterocycles. The van der Waals surface area contributed by atoms with Crippen LogP contribution in [0.5, 0.6) is 0 Å². The van der Waals surface area contributed by atoms with E-state index in [0.717, 1.165) is 38.8 Å². The molecule has 0 aromatic carbocycles. The second-order valence-electron chi connectivity index (χ2n) is 5.44. The Morgan fingerprint density at radius 3 is 2.83 bits per heavy atom. The summed E-state index contributed by atoms with van der Waals surface area (Å²) in [6.45, 7) is 2.24. The molecule has 2 rings (SSSR count). The Hall–Kier alpha value is -0.170. The van der Waals surface area contributed by atoms with Crippen molar-refractivity contribution in [2.24, 2.45) is 0 Å². The summed E-state index contributed by atoms with van der Waals surface area (Å²) in [6.07, 6.45) is 4.79. The molecule has 6 heteroatoms. The van der Waals surface area contributed by atoms with Crippen molar-refractivity contribution in [3.05, 3.63) is 0 Å². The van der Waals surface area contributed by atoms with E-state index in [4.69, 9.17) is 9.84 Å². The largest absolute Gasteiger partial charge is 0.394 e. The smallest absolute Gasteiger partial charge is 0.150 e. The van der Waals surface area contributed by atoms with Gasteiger partial charge in [0.15, 0.2) is 0 Å². The van der Waals surface area contributed by atoms with Crippen LogP contribution in [0.3, 0.4) is 0 Å². The molecule has 1 aliphatic heterocycles. The zero-order chi connectivity index (χ0) is 13.2. The highest BCUT2D eigenvalue weighted by Gasteiger charge is 2.33. The predicted molar refractivity (Wildman–Crippen MR) is 69.3 cm³/mol. The molecule has 0 bridgehead atoms. The SMILES string of the molecule is CS(=O)(=O)C1CCCC(N2CCOC(CO)C2)C1. The highest BCUT2D eigenvalue weighted by molar-refractivity contribution is 7.91. The topological polar surface area (TPSA) is 66.8 Å². The van der Waals surface area contributed by atoms with E-state index >= 15 is 0 Å². The van der Waals surface area contributed by atoms with Gasteiger partial charge in [-0.1, -0.05) is 6.42 Å². The minimum Gasteiger partial charge on any atom is -0.394 e. The van der Waals surface area contributed by atoms with Crippen molar-refractivity contribution in [1.82, 2.24) is 4.90 Å². The number of rotatable bonds is 3. The van der Waals surface area contributed by atoms with Gasteiger partial charge < -0.3 is 9.84 Å². The third-order valence-corrected chi connectivity index (χ3v) is 5.73. The van der Waals surface area contributed by atoms with E-state index in [-0.39, 0.29) is 18.0 Å². The van der Waals surface area contributed by atoms with Crippen molar-refractivity contribution >= 4 is 9.84 Å². The van der Waals surface area contributed by atoms with Crippen molar-refractivity contribution < 1.29 is 18.3 Å². The summed E-state index contributed by atoms with van der Waals surface area (Å²) in [5, 5.41) is 8.95. The van der Waals surface area contributed by atoms with Crippen LogP contribution in [0.1, 0.15) is 25.7 Å². The van der Waals surface area contributed by atoms with Crippen molar-refractivity contribution in [3.8, 4) is 0 Å². The van der Waals surface area contributed by atoms with Crippen LogP contribution in [-0.2, 0) is 14.6 Å². The Morgan fingerprint density at radius 1 is 1.39 bits per heavy atom. The summed E-state index contributed by atoms with van der Waals surface area (Å²) < 4.78 is 28.7. The van der Waals surface area contributed by atoms with E-state index < -0.39 is 9.84 Å². The fourth-order valence-corrected chi connectivity index (χ4v) is 4.19. The van der Waals surface area contributed by atoms with Gasteiger partial charge in [0, 0.05) is 25.4 Å². The lowest BCUT2D eigenvalue weighted by Gasteiger charge is -2.41. The number of aliphatic hydroxyl groups excluding tert-OH is 1. The molecular weight excluding hydrogens is 254 g/mol. The van der Waals surface area contributed by atoms with Gasteiger partial charge in [-0.05, 0) is 19.3 Å². The molecule has 1 aliphatic carbocycles. The predicted octanol–water partition coefficient (Wildman–Crippen LogP) is 0.0353. The minimum atomic E-state index is -2.92. The van der Waals surface area contributed by atoms with Crippen LogP contribution in [0.2, 0.25) is 0 Å². The Bertz CT molecular complexity index is 370. The number of sulfone groups is 1. The summed E-state index contributed by atoms with van der Waals surface area (Å²) in [4.78, 5) is 2.29. The third-order valence-electron chi connectivity index (χ3n) is 4.09. The normalized spacial score (nSPS) is 35.6. The number of aliphatic hydroxyl groups is 1. The standard InChI is InChI=1S/C12H23NO4S/c1-18(15,16)12-4-2-3-10(7-12)13-5-6-17-11(8-13)9-14/h10-12,14H,2-9H2,1H3. The van der Waals surface area contributed by atoms with Crippen LogP contribution in [-0.4, -0.2) is 68.4 Å². The summed E-state index contributed by atoms with van der Waals surface area (Å²) in [6, 6.07) is 0.330.